The third kappa shape index (κ3) is 2.55. The van der Waals surface area contributed by atoms with E-state index in [-0.39, 0.29) is 23.7 Å². The molecule has 1 aromatic heterocycles. The molecule has 2 saturated carbocycles. The van der Waals surface area contributed by atoms with E-state index in [4.69, 9.17) is 4.42 Å². The lowest BCUT2D eigenvalue weighted by Crippen LogP contribution is -2.38. The van der Waals surface area contributed by atoms with Crippen molar-refractivity contribution < 1.29 is 14.0 Å². The van der Waals surface area contributed by atoms with E-state index < -0.39 is 0 Å². The molecular weight excluding hydrogens is 322 g/mol. The summed E-state index contributed by atoms with van der Waals surface area (Å²) in [5, 5.41) is 0. The second kappa shape index (κ2) is 5.35. The van der Waals surface area contributed by atoms with Crippen molar-refractivity contribution in [3.8, 4) is 0 Å². The summed E-state index contributed by atoms with van der Waals surface area (Å²) < 4.78 is 6.11. The van der Waals surface area contributed by atoms with Crippen molar-refractivity contribution in [2.45, 2.75) is 32.2 Å². The van der Waals surface area contributed by atoms with E-state index in [1.54, 1.807) is 11.9 Å². The number of amides is 1. The van der Waals surface area contributed by atoms with Crippen LogP contribution in [-0.4, -0.2) is 23.6 Å². The van der Waals surface area contributed by atoms with Crippen molar-refractivity contribution in [1.82, 2.24) is 4.90 Å². The summed E-state index contributed by atoms with van der Waals surface area (Å²) in [4.78, 5) is 26.1. The van der Waals surface area contributed by atoms with Gasteiger partial charge in [-0.15, -0.1) is 0 Å². The molecular formula is C15H18BrNO3. The van der Waals surface area contributed by atoms with Crippen LogP contribution in [-0.2, 0) is 16.1 Å². The van der Waals surface area contributed by atoms with Crippen LogP contribution in [0.3, 0.4) is 0 Å². The van der Waals surface area contributed by atoms with E-state index in [0.29, 0.717) is 17.0 Å². The highest BCUT2D eigenvalue weighted by molar-refractivity contribution is 9.10. The van der Waals surface area contributed by atoms with E-state index >= 15 is 0 Å². The van der Waals surface area contributed by atoms with Crippen molar-refractivity contribution in [2.75, 3.05) is 7.05 Å². The molecule has 108 valence electrons. The molecule has 1 amide bonds. The lowest BCUT2D eigenvalue weighted by molar-refractivity contribution is -0.139. The number of hydrogen-bond acceptors (Lipinski definition) is 3. The zero-order chi connectivity index (χ0) is 14.3. The van der Waals surface area contributed by atoms with Crippen LogP contribution in [0.4, 0.5) is 0 Å². The first-order valence-corrected chi connectivity index (χ1v) is 7.87. The van der Waals surface area contributed by atoms with Crippen molar-refractivity contribution in [1.29, 1.82) is 0 Å². The molecule has 1 aromatic rings. The average molecular weight is 340 g/mol. The molecule has 2 fully saturated rings. The number of ketones is 1. The Bertz CT molecular complexity index is 523. The minimum Gasteiger partial charge on any atom is -0.452 e. The highest BCUT2D eigenvalue weighted by Gasteiger charge is 2.44. The maximum atomic E-state index is 12.5. The Hall–Kier alpha value is -1.10. The number of fused-ring (bicyclic) bond motifs is 2. The van der Waals surface area contributed by atoms with E-state index in [0.717, 1.165) is 31.4 Å². The molecule has 0 N–H and O–H groups in total. The Morgan fingerprint density at radius 2 is 2.00 bits per heavy atom. The van der Waals surface area contributed by atoms with Crippen LogP contribution in [0.25, 0.3) is 0 Å². The summed E-state index contributed by atoms with van der Waals surface area (Å²) in [5.41, 5.74) is 0. The van der Waals surface area contributed by atoms with E-state index in [1.807, 2.05) is 12.1 Å². The first-order chi connectivity index (χ1) is 9.54. The third-order valence-corrected chi connectivity index (χ3v) is 4.98. The van der Waals surface area contributed by atoms with Crippen molar-refractivity contribution in [3.63, 3.8) is 0 Å². The molecule has 0 spiro atoms. The van der Waals surface area contributed by atoms with Gasteiger partial charge in [0, 0.05) is 24.8 Å². The fraction of sp³-hybridized carbons (Fsp3) is 0.600. The van der Waals surface area contributed by atoms with Gasteiger partial charge < -0.3 is 9.32 Å². The first kappa shape index (κ1) is 13.9. The number of carbonyl (C=O) groups excluding carboxylic acids is 2. The standard InChI is InChI=1S/C15H18BrNO3/c1-17(8-12-4-5-13(16)20-12)15(19)11-6-9-2-3-10(7-11)14(9)18/h4-5,9-11H,2-3,6-8H2,1H3. The molecule has 2 bridgehead atoms. The van der Waals surface area contributed by atoms with Gasteiger partial charge in [0.15, 0.2) is 4.67 Å². The molecule has 2 unspecified atom stereocenters. The molecule has 2 aliphatic carbocycles. The Morgan fingerprint density at radius 1 is 1.35 bits per heavy atom. The average Bonchev–Trinajstić information content (AvgIpc) is 2.88. The number of nitrogens with zero attached hydrogens (tertiary/aromatic N) is 1. The van der Waals surface area contributed by atoms with E-state index in [1.165, 1.54) is 0 Å². The lowest BCUT2D eigenvalue weighted by atomic mass is 9.79. The first-order valence-electron chi connectivity index (χ1n) is 7.07. The summed E-state index contributed by atoms with van der Waals surface area (Å²) in [5.74, 6) is 1.58. The van der Waals surface area contributed by atoms with Gasteiger partial charge in [0.1, 0.15) is 11.5 Å². The Labute approximate surface area is 126 Å². The molecule has 1 heterocycles. The predicted molar refractivity (Wildman–Crippen MR) is 76.8 cm³/mol. The van der Waals surface area contributed by atoms with Crippen LogP contribution in [0, 0.1) is 17.8 Å². The van der Waals surface area contributed by atoms with Gasteiger partial charge in [-0.2, -0.15) is 0 Å². The molecule has 0 saturated heterocycles. The molecule has 3 rings (SSSR count). The van der Waals surface area contributed by atoms with Gasteiger partial charge in [-0.1, -0.05) is 0 Å². The zero-order valence-electron chi connectivity index (χ0n) is 11.5. The van der Waals surface area contributed by atoms with Gasteiger partial charge in [-0.05, 0) is 53.7 Å². The van der Waals surface area contributed by atoms with Crippen LogP contribution >= 0.6 is 15.9 Å². The second-order valence-electron chi connectivity index (χ2n) is 5.94. The van der Waals surface area contributed by atoms with Crippen LogP contribution in [0.15, 0.2) is 21.2 Å². The molecule has 0 aromatic carbocycles. The number of rotatable bonds is 3. The monoisotopic (exact) mass is 339 g/mol. The molecule has 0 radical (unpaired) electrons. The van der Waals surface area contributed by atoms with Gasteiger partial charge in [-0.25, -0.2) is 0 Å². The maximum Gasteiger partial charge on any atom is 0.225 e. The molecule has 2 atom stereocenters. The number of hydrogen-bond donors (Lipinski definition) is 0. The van der Waals surface area contributed by atoms with Crippen LogP contribution < -0.4 is 0 Å². The van der Waals surface area contributed by atoms with Gasteiger partial charge in [0.25, 0.3) is 0 Å². The number of carbonyl (C=O) groups is 2. The molecule has 2 aliphatic rings. The number of Topliss-reactive ketones (excluding diaryl/α,β-unsaturated/α-hetero) is 1. The summed E-state index contributed by atoms with van der Waals surface area (Å²) in [7, 11) is 1.80. The van der Waals surface area contributed by atoms with Gasteiger partial charge in [-0.3, -0.25) is 9.59 Å². The minimum absolute atomic E-state index is 0.00797. The SMILES string of the molecule is CN(Cc1ccc(Br)o1)C(=O)C1CC2CCC(C1)C2=O. The Morgan fingerprint density at radius 3 is 2.55 bits per heavy atom. The number of halogens is 1. The smallest absolute Gasteiger partial charge is 0.225 e. The summed E-state index contributed by atoms with van der Waals surface area (Å²) in [6.07, 6.45) is 3.42. The molecule has 4 nitrogen and oxygen atoms in total. The van der Waals surface area contributed by atoms with E-state index in [9.17, 15) is 9.59 Å². The van der Waals surface area contributed by atoms with Gasteiger partial charge in [0.2, 0.25) is 5.91 Å². The molecule has 5 heteroatoms. The van der Waals surface area contributed by atoms with Crippen molar-refractivity contribution in [3.05, 3.63) is 22.6 Å². The topological polar surface area (TPSA) is 50.5 Å². The van der Waals surface area contributed by atoms with Gasteiger partial charge >= 0.3 is 0 Å². The minimum atomic E-state index is 0.00797. The largest absolute Gasteiger partial charge is 0.452 e. The second-order valence-corrected chi connectivity index (χ2v) is 6.72. The van der Waals surface area contributed by atoms with Crippen molar-refractivity contribution >= 4 is 27.6 Å². The quantitative estimate of drug-likeness (QED) is 0.850. The van der Waals surface area contributed by atoms with Crippen LogP contribution in [0.1, 0.15) is 31.4 Å². The predicted octanol–water partition coefficient (Wildman–Crippen LogP) is 3.01. The third-order valence-electron chi connectivity index (χ3n) is 4.55. The molecule has 0 aliphatic heterocycles. The van der Waals surface area contributed by atoms with Crippen LogP contribution in [0.2, 0.25) is 0 Å². The van der Waals surface area contributed by atoms with E-state index in [2.05, 4.69) is 15.9 Å². The summed E-state index contributed by atoms with van der Waals surface area (Å²) >= 11 is 3.26. The highest BCUT2D eigenvalue weighted by atomic mass is 79.9. The fourth-order valence-electron chi connectivity index (χ4n) is 3.53. The Balaban J connectivity index is 1.62. The molecule has 20 heavy (non-hydrogen) atoms. The summed E-state index contributed by atoms with van der Waals surface area (Å²) in [6.45, 7) is 0.476. The highest BCUT2D eigenvalue weighted by Crippen LogP contribution is 2.42. The number of furan rings is 1. The zero-order valence-corrected chi connectivity index (χ0v) is 13.1. The van der Waals surface area contributed by atoms with Gasteiger partial charge in [0.05, 0.1) is 6.54 Å². The maximum absolute atomic E-state index is 12.5. The summed E-state index contributed by atoms with van der Waals surface area (Å²) in [6, 6.07) is 3.69. The fourth-order valence-corrected chi connectivity index (χ4v) is 3.87. The lowest BCUT2D eigenvalue weighted by Gasteiger charge is -2.29. The van der Waals surface area contributed by atoms with Crippen molar-refractivity contribution in [2.24, 2.45) is 17.8 Å². The Kier molecular flexibility index (Phi) is 3.71. The van der Waals surface area contributed by atoms with Crippen LogP contribution in [0.5, 0.6) is 0 Å². The normalized spacial score (nSPS) is 28.7.